The summed E-state index contributed by atoms with van der Waals surface area (Å²) in [5.41, 5.74) is 0. The number of hydrogen-bond acceptors (Lipinski definition) is 4. The number of carbonyl (C=O) groups excluding carboxylic acids is 1. The van der Waals surface area contributed by atoms with Gasteiger partial charge in [-0.25, -0.2) is 4.99 Å². The Balaban J connectivity index is 0.00000256. The average molecular weight is 533 g/mol. The van der Waals surface area contributed by atoms with Crippen molar-refractivity contribution in [3.05, 3.63) is 0 Å². The maximum atomic E-state index is 12.1. The monoisotopic (exact) mass is 533 g/mol. The van der Waals surface area contributed by atoms with Crippen LogP contribution in [0.15, 0.2) is 4.99 Å². The summed E-state index contributed by atoms with van der Waals surface area (Å²) in [5.74, 6) is 3.29. The van der Waals surface area contributed by atoms with Crippen molar-refractivity contribution in [2.75, 3.05) is 53.5 Å². The molecule has 2 aliphatic heterocycles. The lowest BCUT2D eigenvalue weighted by Crippen LogP contribution is -2.52. The predicted molar refractivity (Wildman–Crippen MR) is 130 cm³/mol. The molecule has 4 aliphatic rings. The Bertz CT molecular complexity index is 588. The molecule has 8 heteroatoms. The molecule has 4 rings (SSSR count). The van der Waals surface area contributed by atoms with Crippen molar-refractivity contribution < 1.29 is 9.53 Å². The predicted octanol–water partition coefficient (Wildman–Crippen LogP) is 1.92. The zero-order valence-corrected chi connectivity index (χ0v) is 21.0. The lowest BCUT2D eigenvalue weighted by molar-refractivity contribution is -0.127. The van der Waals surface area contributed by atoms with E-state index >= 15 is 0 Å². The Kier molecular flexibility index (Phi) is 9.07. The van der Waals surface area contributed by atoms with E-state index in [1.165, 1.54) is 38.6 Å². The quantitative estimate of drug-likeness (QED) is 0.310. The van der Waals surface area contributed by atoms with Gasteiger partial charge in [-0.3, -0.25) is 4.79 Å². The molecule has 30 heavy (non-hydrogen) atoms. The molecule has 2 saturated carbocycles. The lowest BCUT2D eigenvalue weighted by Gasteiger charge is -2.35. The van der Waals surface area contributed by atoms with Crippen LogP contribution < -0.4 is 10.6 Å². The van der Waals surface area contributed by atoms with Crippen LogP contribution in [0.3, 0.4) is 0 Å². The maximum Gasteiger partial charge on any atom is 0.243 e. The topological polar surface area (TPSA) is 69.2 Å². The van der Waals surface area contributed by atoms with E-state index in [0.29, 0.717) is 18.0 Å². The van der Waals surface area contributed by atoms with Crippen LogP contribution in [-0.2, 0) is 9.53 Å². The van der Waals surface area contributed by atoms with Crippen LogP contribution in [-0.4, -0.2) is 87.2 Å². The summed E-state index contributed by atoms with van der Waals surface area (Å²) < 4.78 is 5.53. The second-order valence-electron chi connectivity index (χ2n) is 9.83. The highest BCUT2D eigenvalue weighted by molar-refractivity contribution is 14.0. The molecule has 2 saturated heterocycles. The molecule has 2 heterocycles. The van der Waals surface area contributed by atoms with Gasteiger partial charge in [-0.15, -0.1) is 24.0 Å². The number of rotatable bonds is 6. The third-order valence-corrected chi connectivity index (χ3v) is 7.40. The van der Waals surface area contributed by atoms with Crippen LogP contribution >= 0.6 is 24.0 Å². The van der Waals surface area contributed by atoms with Crippen molar-refractivity contribution in [3.63, 3.8) is 0 Å². The molecule has 2 bridgehead atoms. The standard InChI is InChI=1S/C22H39N5O2.HI/c1-26(2)21(28)13-23-22(25-20-12-16-3-4-18(20)11-16)24-19-5-8-27(9-6-19)14-17-7-10-29-15-17;/h16-20H,3-15H2,1-2H3,(H2,23,24,25);1H. The van der Waals surface area contributed by atoms with Crippen molar-refractivity contribution in [2.24, 2.45) is 22.7 Å². The number of guanidine groups is 1. The summed E-state index contributed by atoms with van der Waals surface area (Å²) in [5, 5.41) is 7.36. The Morgan fingerprint density at radius 3 is 2.50 bits per heavy atom. The van der Waals surface area contributed by atoms with E-state index in [1.54, 1.807) is 19.0 Å². The first kappa shape index (κ1) is 24.0. The minimum atomic E-state index is 0. The number of likely N-dealkylation sites (tertiary alicyclic amines) is 1. The third kappa shape index (κ3) is 6.45. The average Bonchev–Trinajstić information content (AvgIpc) is 3.46. The molecule has 0 spiro atoms. The number of fused-ring (bicyclic) bond motifs is 2. The molecule has 7 nitrogen and oxygen atoms in total. The fourth-order valence-electron chi connectivity index (χ4n) is 5.56. The minimum Gasteiger partial charge on any atom is -0.381 e. The summed E-state index contributed by atoms with van der Waals surface area (Å²) in [7, 11) is 3.58. The van der Waals surface area contributed by atoms with Gasteiger partial charge >= 0.3 is 0 Å². The van der Waals surface area contributed by atoms with Crippen molar-refractivity contribution in [1.29, 1.82) is 0 Å². The van der Waals surface area contributed by atoms with E-state index in [2.05, 4.69) is 20.5 Å². The molecule has 2 N–H and O–H groups in total. The smallest absolute Gasteiger partial charge is 0.243 e. The van der Waals surface area contributed by atoms with E-state index in [4.69, 9.17) is 4.74 Å². The SMILES string of the molecule is CN(C)C(=O)CN=C(NC1CCN(CC2CCOC2)CC1)NC1CC2CCC1C2.I. The van der Waals surface area contributed by atoms with Gasteiger partial charge in [-0.1, -0.05) is 6.42 Å². The molecule has 172 valence electrons. The van der Waals surface area contributed by atoms with Crippen molar-refractivity contribution in [2.45, 2.75) is 57.0 Å². The molecular formula is C22H40IN5O2. The summed E-state index contributed by atoms with van der Waals surface area (Å²) in [6.07, 6.45) is 8.84. The number of carbonyl (C=O) groups is 1. The first-order valence-corrected chi connectivity index (χ1v) is 11.6. The fraction of sp³-hybridized carbons (Fsp3) is 0.909. The number of amides is 1. The summed E-state index contributed by atoms with van der Waals surface area (Å²) in [6.45, 7) is 5.52. The zero-order chi connectivity index (χ0) is 20.2. The molecule has 2 aliphatic carbocycles. The Morgan fingerprint density at radius 2 is 1.90 bits per heavy atom. The third-order valence-electron chi connectivity index (χ3n) is 7.40. The van der Waals surface area contributed by atoms with Crippen LogP contribution in [0.2, 0.25) is 0 Å². The summed E-state index contributed by atoms with van der Waals surface area (Å²) >= 11 is 0. The number of halogens is 1. The van der Waals surface area contributed by atoms with E-state index in [-0.39, 0.29) is 36.4 Å². The number of aliphatic imine (C=N–C) groups is 1. The van der Waals surface area contributed by atoms with Crippen LogP contribution in [0.1, 0.15) is 44.9 Å². The van der Waals surface area contributed by atoms with Gasteiger partial charge in [0.05, 0.1) is 6.61 Å². The van der Waals surface area contributed by atoms with Gasteiger partial charge in [0.1, 0.15) is 6.54 Å². The number of nitrogens with one attached hydrogen (secondary N) is 2. The first-order chi connectivity index (χ1) is 14.1. The van der Waals surface area contributed by atoms with Gasteiger partial charge in [-0.2, -0.15) is 0 Å². The lowest BCUT2D eigenvalue weighted by atomic mass is 9.95. The molecule has 4 unspecified atom stereocenters. The molecule has 0 aromatic rings. The number of nitrogens with zero attached hydrogens (tertiary/aromatic N) is 3. The van der Waals surface area contributed by atoms with Gasteiger partial charge in [0.2, 0.25) is 5.91 Å². The van der Waals surface area contributed by atoms with Gasteiger partial charge < -0.3 is 25.2 Å². The largest absolute Gasteiger partial charge is 0.381 e. The normalized spacial score (nSPS) is 32.1. The van der Waals surface area contributed by atoms with E-state index in [9.17, 15) is 4.79 Å². The summed E-state index contributed by atoms with van der Waals surface area (Å²) in [6, 6.07) is 0.960. The van der Waals surface area contributed by atoms with Crippen LogP contribution in [0.25, 0.3) is 0 Å². The second kappa shape index (κ2) is 11.3. The number of likely N-dealkylation sites (N-methyl/N-ethyl adjacent to an activating group) is 1. The molecule has 4 fully saturated rings. The minimum absolute atomic E-state index is 0. The summed E-state index contributed by atoms with van der Waals surface area (Å²) in [4.78, 5) is 20.9. The van der Waals surface area contributed by atoms with Crippen LogP contribution in [0, 0.1) is 17.8 Å². The molecule has 4 atom stereocenters. The van der Waals surface area contributed by atoms with Crippen LogP contribution in [0.4, 0.5) is 0 Å². The fourth-order valence-corrected chi connectivity index (χ4v) is 5.56. The highest BCUT2D eigenvalue weighted by atomic mass is 127. The van der Waals surface area contributed by atoms with Gasteiger partial charge in [0, 0.05) is 52.4 Å². The number of piperidine rings is 1. The molecular weight excluding hydrogens is 493 g/mol. The Morgan fingerprint density at radius 1 is 1.10 bits per heavy atom. The van der Waals surface area contributed by atoms with Crippen molar-refractivity contribution in [3.8, 4) is 0 Å². The molecule has 0 radical (unpaired) electrons. The maximum absolute atomic E-state index is 12.1. The Labute approximate surface area is 198 Å². The van der Waals surface area contributed by atoms with E-state index < -0.39 is 0 Å². The highest BCUT2D eigenvalue weighted by Crippen LogP contribution is 2.44. The number of hydrogen-bond donors (Lipinski definition) is 2. The van der Waals surface area contributed by atoms with Crippen molar-refractivity contribution >= 4 is 35.8 Å². The van der Waals surface area contributed by atoms with Gasteiger partial charge in [0.15, 0.2) is 5.96 Å². The Hall–Kier alpha value is -0.610. The van der Waals surface area contributed by atoms with Crippen molar-refractivity contribution in [1.82, 2.24) is 20.4 Å². The van der Waals surface area contributed by atoms with E-state index in [1.807, 2.05) is 0 Å². The second-order valence-corrected chi connectivity index (χ2v) is 9.83. The van der Waals surface area contributed by atoms with Crippen LogP contribution in [0.5, 0.6) is 0 Å². The first-order valence-electron chi connectivity index (χ1n) is 11.6. The zero-order valence-electron chi connectivity index (χ0n) is 18.6. The molecule has 0 aromatic heterocycles. The van der Waals surface area contributed by atoms with Gasteiger partial charge in [0.25, 0.3) is 0 Å². The molecule has 1 amide bonds. The van der Waals surface area contributed by atoms with E-state index in [0.717, 1.165) is 56.9 Å². The molecule has 0 aromatic carbocycles. The highest BCUT2D eigenvalue weighted by Gasteiger charge is 2.40. The number of ether oxygens (including phenoxy) is 1. The van der Waals surface area contributed by atoms with Gasteiger partial charge in [-0.05, 0) is 56.3 Å².